The van der Waals surface area contributed by atoms with Gasteiger partial charge in [0.05, 0.1) is 5.69 Å². The molecule has 0 saturated carbocycles. The fraction of sp³-hybridized carbons (Fsp3) is 0. The van der Waals surface area contributed by atoms with Gasteiger partial charge < -0.3 is 11.1 Å². The largest absolute Gasteiger partial charge is 0.399 e. The van der Waals surface area contributed by atoms with Crippen LogP contribution in [0.15, 0.2) is 66.9 Å². The number of benzene rings is 2. The highest BCUT2D eigenvalue weighted by Crippen LogP contribution is 2.12. The van der Waals surface area contributed by atoms with Crippen LogP contribution in [0.5, 0.6) is 0 Å². The molecule has 5 heteroatoms. The summed E-state index contributed by atoms with van der Waals surface area (Å²) in [5, 5.41) is 7.07. The van der Waals surface area contributed by atoms with Gasteiger partial charge >= 0.3 is 0 Å². The van der Waals surface area contributed by atoms with Crippen LogP contribution in [-0.4, -0.2) is 15.7 Å². The minimum absolute atomic E-state index is 0.236. The first-order valence-electron chi connectivity index (χ1n) is 6.50. The van der Waals surface area contributed by atoms with Crippen molar-refractivity contribution in [3.8, 4) is 5.69 Å². The molecule has 1 heterocycles. The molecule has 0 bridgehead atoms. The van der Waals surface area contributed by atoms with E-state index in [1.807, 2.05) is 30.3 Å². The van der Waals surface area contributed by atoms with Crippen LogP contribution in [0.1, 0.15) is 10.4 Å². The highest BCUT2D eigenvalue weighted by Gasteiger charge is 2.08. The molecule has 1 aromatic heterocycles. The van der Waals surface area contributed by atoms with Gasteiger partial charge in [0.15, 0.2) is 5.82 Å². The van der Waals surface area contributed by atoms with Crippen LogP contribution in [0.25, 0.3) is 5.69 Å². The summed E-state index contributed by atoms with van der Waals surface area (Å²) in [6, 6.07) is 18.3. The van der Waals surface area contributed by atoms with Crippen molar-refractivity contribution < 1.29 is 4.79 Å². The Balaban J connectivity index is 1.77. The number of para-hydroxylation sites is 1. The second kappa shape index (κ2) is 5.50. The summed E-state index contributed by atoms with van der Waals surface area (Å²) in [7, 11) is 0. The van der Waals surface area contributed by atoms with Crippen LogP contribution in [0, 0.1) is 0 Å². The average molecular weight is 278 g/mol. The highest BCUT2D eigenvalue weighted by molar-refractivity contribution is 6.04. The van der Waals surface area contributed by atoms with Crippen molar-refractivity contribution in [2.75, 3.05) is 11.1 Å². The lowest BCUT2D eigenvalue weighted by atomic mass is 10.2. The van der Waals surface area contributed by atoms with Gasteiger partial charge in [-0.25, -0.2) is 4.68 Å². The molecule has 0 aliphatic carbocycles. The van der Waals surface area contributed by atoms with E-state index in [0.29, 0.717) is 17.1 Å². The van der Waals surface area contributed by atoms with Crippen molar-refractivity contribution in [1.29, 1.82) is 0 Å². The van der Waals surface area contributed by atoms with Gasteiger partial charge in [0.1, 0.15) is 0 Å². The number of amides is 1. The molecule has 104 valence electrons. The molecule has 3 aromatic rings. The number of nitrogens with zero attached hydrogens (tertiary/aromatic N) is 2. The van der Waals surface area contributed by atoms with Gasteiger partial charge in [-0.1, -0.05) is 24.3 Å². The summed E-state index contributed by atoms with van der Waals surface area (Å²) in [4.78, 5) is 12.1. The fourth-order valence-electron chi connectivity index (χ4n) is 1.98. The Kier molecular flexibility index (Phi) is 3.39. The van der Waals surface area contributed by atoms with E-state index in [4.69, 9.17) is 5.73 Å². The van der Waals surface area contributed by atoms with E-state index < -0.39 is 0 Å². The second-order valence-electron chi connectivity index (χ2n) is 4.56. The third kappa shape index (κ3) is 2.92. The quantitative estimate of drug-likeness (QED) is 0.723. The van der Waals surface area contributed by atoms with Gasteiger partial charge in [0.25, 0.3) is 5.91 Å². The Hall–Kier alpha value is -3.08. The third-order valence-electron chi connectivity index (χ3n) is 3.00. The van der Waals surface area contributed by atoms with Crippen LogP contribution >= 0.6 is 0 Å². The molecule has 3 N–H and O–H groups in total. The van der Waals surface area contributed by atoms with Crippen molar-refractivity contribution in [3.05, 3.63) is 72.4 Å². The molecule has 0 aliphatic rings. The van der Waals surface area contributed by atoms with E-state index in [2.05, 4.69) is 10.4 Å². The number of carbonyl (C=O) groups is 1. The first kappa shape index (κ1) is 12.9. The Morgan fingerprint density at radius 2 is 1.86 bits per heavy atom. The molecule has 0 spiro atoms. The molecular formula is C16H14N4O. The topological polar surface area (TPSA) is 72.9 Å². The molecule has 5 nitrogen and oxygen atoms in total. The van der Waals surface area contributed by atoms with Gasteiger partial charge in [-0.05, 0) is 30.3 Å². The molecule has 21 heavy (non-hydrogen) atoms. The summed E-state index contributed by atoms with van der Waals surface area (Å²) >= 11 is 0. The predicted octanol–water partition coefficient (Wildman–Crippen LogP) is 2.71. The number of rotatable bonds is 3. The number of hydrogen-bond acceptors (Lipinski definition) is 3. The second-order valence-corrected chi connectivity index (χ2v) is 4.56. The lowest BCUT2D eigenvalue weighted by Gasteiger charge is -2.03. The van der Waals surface area contributed by atoms with Gasteiger partial charge in [-0.15, -0.1) is 0 Å². The molecule has 0 radical (unpaired) electrons. The molecule has 1 amide bonds. The van der Waals surface area contributed by atoms with Gasteiger partial charge in [-0.3, -0.25) is 4.79 Å². The van der Waals surface area contributed by atoms with Crippen LogP contribution < -0.4 is 11.1 Å². The van der Waals surface area contributed by atoms with E-state index >= 15 is 0 Å². The lowest BCUT2D eigenvalue weighted by molar-refractivity contribution is 0.102. The zero-order valence-corrected chi connectivity index (χ0v) is 11.2. The molecule has 0 atom stereocenters. The van der Waals surface area contributed by atoms with E-state index in [-0.39, 0.29) is 5.91 Å². The molecule has 0 aliphatic heterocycles. The molecule has 0 fully saturated rings. The maximum atomic E-state index is 12.1. The number of hydrogen-bond donors (Lipinski definition) is 2. The maximum absolute atomic E-state index is 12.1. The highest BCUT2D eigenvalue weighted by atomic mass is 16.1. The summed E-state index contributed by atoms with van der Waals surface area (Å²) < 4.78 is 1.70. The van der Waals surface area contributed by atoms with Crippen LogP contribution in [0.2, 0.25) is 0 Å². The monoisotopic (exact) mass is 278 g/mol. The van der Waals surface area contributed by atoms with E-state index in [9.17, 15) is 4.79 Å². The number of nitrogens with two attached hydrogens (primary N) is 1. The maximum Gasteiger partial charge on any atom is 0.256 e. The Morgan fingerprint density at radius 3 is 2.62 bits per heavy atom. The van der Waals surface area contributed by atoms with E-state index in [1.165, 1.54) is 0 Å². The first-order valence-corrected chi connectivity index (χ1v) is 6.50. The standard InChI is InChI=1S/C16H14N4O/c17-13-6-4-5-12(11-13)16(21)18-15-9-10-20(19-15)14-7-2-1-3-8-14/h1-11H,17H2,(H,18,19,21). The normalized spacial score (nSPS) is 10.3. The molecule has 2 aromatic carbocycles. The average Bonchev–Trinajstić information content (AvgIpc) is 2.97. The van der Waals surface area contributed by atoms with E-state index in [1.54, 1.807) is 41.2 Å². The Morgan fingerprint density at radius 1 is 1.05 bits per heavy atom. The van der Waals surface area contributed by atoms with Crippen LogP contribution in [0.4, 0.5) is 11.5 Å². The smallest absolute Gasteiger partial charge is 0.256 e. The van der Waals surface area contributed by atoms with Crippen LogP contribution in [-0.2, 0) is 0 Å². The fourth-order valence-corrected chi connectivity index (χ4v) is 1.98. The number of nitrogen functional groups attached to an aromatic ring is 1. The Bertz CT molecular complexity index is 765. The summed E-state index contributed by atoms with van der Waals surface area (Å²) in [5.74, 6) is 0.256. The van der Waals surface area contributed by atoms with Crippen molar-refractivity contribution in [2.45, 2.75) is 0 Å². The number of nitrogens with one attached hydrogen (secondary N) is 1. The van der Waals surface area contributed by atoms with Crippen molar-refractivity contribution in [3.63, 3.8) is 0 Å². The summed E-state index contributed by atoms with van der Waals surface area (Å²) in [6.45, 7) is 0. The third-order valence-corrected chi connectivity index (χ3v) is 3.00. The zero-order valence-electron chi connectivity index (χ0n) is 11.2. The number of aromatic nitrogens is 2. The van der Waals surface area contributed by atoms with Gasteiger partial charge in [-0.2, -0.15) is 5.10 Å². The number of anilines is 2. The summed E-state index contributed by atoms with van der Waals surface area (Å²) in [6.07, 6.45) is 1.80. The zero-order chi connectivity index (χ0) is 14.7. The predicted molar refractivity (Wildman–Crippen MR) is 82.4 cm³/mol. The minimum atomic E-state index is -0.236. The first-order chi connectivity index (χ1) is 10.2. The van der Waals surface area contributed by atoms with Crippen molar-refractivity contribution >= 4 is 17.4 Å². The lowest BCUT2D eigenvalue weighted by Crippen LogP contribution is -2.12. The van der Waals surface area contributed by atoms with Crippen molar-refractivity contribution in [2.24, 2.45) is 0 Å². The Labute approximate surface area is 122 Å². The van der Waals surface area contributed by atoms with Gasteiger partial charge in [0, 0.05) is 23.5 Å². The van der Waals surface area contributed by atoms with E-state index in [0.717, 1.165) is 5.69 Å². The molecular weight excluding hydrogens is 264 g/mol. The van der Waals surface area contributed by atoms with Crippen LogP contribution in [0.3, 0.4) is 0 Å². The molecule has 3 rings (SSSR count). The molecule has 0 saturated heterocycles. The molecule has 0 unspecified atom stereocenters. The van der Waals surface area contributed by atoms with Crippen molar-refractivity contribution in [1.82, 2.24) is 9.78 Å². The van der Waals surface area contributed by atoms with Gasteiger partial charge in [0.2, 0.25) is 0 Å². The SMILES string of the molecule is Nc1cccc(C(=O)Nc2ccn(-c3ccccc3)n2)c1. The summed E-state index contributed by atoms with van der Waals surface area (Å²) in [5.41, 5.74) is 7.66. The number of carbonyl (C=O) groups excluding carboxylic acids is 1. The minimum Gasteiger partial charge on any atom is -0.399 e.